The summed E-state index contributed by atoms with van der Waals surface area (Å²) in [6.45, 7) is 4.35. The number of esters is 1. The Bertz CT molecular complexity index is 382. The van der Waals surface area contributed by atoms with E-state index in [1.165, 1.54) is 0 Å². The number of nitrogens with zero attached hydrogens (tertiary/aromatic N) is 3. The molecule has 7 heteroatoms. The van der Waals surface area contributed by atoms with Crippen LogP contribution in [0.15, 0.2) is 4.34 Å². The third kappa shape index (κ3) is 5.22. The molecule has 0 aliphatic heterocycles. The molecule has 0 saturated heterocycles. The van der Waals surface area contributed by atoms with Gasteiger partial charge in [0.1, 0.15) is 0 Å². The molecule has 0 aliphatic rings. The Morgan fingerprint density at radius 2 is 2.22 bits per heavy atom. The molecule has 0 fully saturated rings. The van der Waals surface area contributed by atoms with Gasteiger partial charge in [0.2, 0.25) is 5.13 Å². The minimum atomic E-state index is -0.129. The SMILES string of the molecule is CCOC(=O)CCC(C)Sc1nnc(N(C)C)s1. The van der Waals surface area contributed by atoms with Crippen LogP contribution in [0.2, 0.25) is 0 Å². The van der Waals surface area contributed by atoms with Crippen molar-refractivity contribution < 1.29 is 9.53 Å². The van der Waals surface area contributed by atoms with E-state index in [4.69, 9.17) is 4.74 Å². The average molecular weight is 289 g/mol. The number of hydrogen-bond donors (Lipinski definition) is 0. The van der Waals surface area contributed by atoms with E-state index in [9.17, 15) is 4.79 Å². The summed E-state index contributed by atoms with van der Waals surface area (Å²) < 4.78 is 5.84. The van der Waals surface area contributed by atoms with Crippen LogP contribution >= 0.6 is 23.1 Å². The molecule has 1 aromatic heterocycles. The summed E-state index contributed by atoms with van der Waals surface area (Å²) in [4.78, 5) is 13.2. The zero-order valence-corrected chi connectivity index (χ0v) is 12.8. The van der Waals surface area contributed by atoms with Crippen LogP contribution in [0.4, 0.5) is 5.13 Å². The third-order valence-electron chi connectivity index (χ3n) is 2.14. The number of carbonyl (C=O) groups excluding carboxylic acids is 1. The second-order valence-electron chi connectivity index (χ2n) is 4.02. The van der Waals surface area contributed by atoms with E-state index in [0.29, 0.717) is 18.3 Å². The van der Waals surface area contributed by atoms with Gasteiger partial charge in [-0.2, -0.15) is 0 Å². The fraction of sp³-hybridized carbons (Fsp3) is 0.727. The standard InChI is InChI=1S/C11H19N3O2S2/c1-5-16-9(15)7-6-8(2)17-11-13-12-10(18-11)14(3)4/h8H,5-7H2,1-4H3. The van der Waals surface area contributed by atoms with Gasteiger partial charge in [-0.05, 0) is 13.3 Å². The number of ether oxygens (including phenoxy) is 1. The molecule has 0 radical (unpaired) electrons. The highest BCUT2D eigenvalue weighted by molar-refractivity contribution is 8.01. The third-order valence-corrected chi connectivity index (χ3v) is 4.49. The Labute approximate surface area is 116 Å². The monoisotopic (exact) mass is 289 g/mol. The van der Waals surface area contributed by atoms with E-state index in [0.717, 1.165) is 15.9 Å². The van der Waals surface area contributed by atoms with E-state index >= 15 is 0 Å². The summed E-state index contributed by atoms with van der Waals surface area (Å²) in [6, 6.07) is 0. The van der Waals surface area contributed by atoms with Gasteiger partial charge in [-0.3, -0.25) is 4.79 Å². The van der Waals surface area contributed by atoms with Gasteiger partial charge in [-0.25, -0.2) is 0 Å². The summed E-state index contributed by atoms with van der Waals surface area (Å²) in [5, 5.41) is 9.42. The fourth-order valence-corrected chi connectivity index (χ4v) is 3.29. The molecule has 5 nitrogen and oxygen atoms in total. The first-order valence-electron chi connectivity index (χ1n) is 5.86. The molecule has 0 bridgehead atoms. The Kier molecular flexibility index (Phi) is 6.42. The van der Waals surface area contributed by atoms with Crippen molar-refractivity contribution >= 4 is 34.2 Å². The van der Waals surface area contributed by atoms with E-state index in [1.54, 1.807) is 23.1 Å². The van der Waals surface area contributed by atoms with Crippen molar-refractivity contribution in [1.82, 2.24) is 10.2 Å². The fourth-order valence-electron chi connectivity index (χ4n) is 1.22. The lowest BCUT2D eigenvalue weighted by Crippen LogP contribution is -2.07. The molecule has 0 aromatic carbocycles. The van der Waals surface area contributed by atoms with Gasteiger partial charge in [0.25, 0.3) is 0 Å². The number of carbonyl (C=O) groups is 1. The maximum absolute atomic E-state index is 11.2. The molecule has 1 atom stereocenters. The summed E-state index contributed by atoms with van der Waals surface area (Å²) in [5.74, 6) is -0.129. The lowest BCUT2D eigenvalue weighted by molar-refractivity contribution is -0.143. The van der Waals surface area contributed by atoms with Crippen molar-refractivity contribution in [1.29, 1.82) is 0 Å². The van der Waals surface area contributed by atoms with Gasteiger partial charge in [-0.1, -0.05) is 30.0 Å². The molecule has 102 valence electrons. The zero-order chi connectivity index (χ0) is 13.5. The Hall–Kier alpha value is -0.820. The second-order valence-corrected chi connectivity index (χ2v) is 6.66. The van der Waals surface area contributed by atoms with Gasteiger partial charge in [-0.15, -0.1) is 10.2 Å². The van der Waals surface area contributed by atoms with Gasteiger partial charge in [0.15, 0.2) is 4.34 Å². The average Bonchev–Trinajstić information content (AvgIpc) is 2.75. The molecule has 0 saturated carbocycles. The summed E-state index contributed by atoms with van der Waals surface area (Å²) >= 11 is 3.22. The van der Waals surface area contributed by atoms with Gasteiger partial charge < -0.3 is 9.64 Å². The highest BCUT2D eigenvalue weighted by atomic mass is 32.2. The van der Waals surface area contributed by atoms with E-state index < -0.39 is 0 Å². The normalized spacial score (nSPS) is 12.2. The number of hydrogen-bond acceptors (Lipinski definition) is 7. The van der Waals surface area contributed by atoms with Crippen molar-refractivity contribution in [2.75, 3.05) is 25.6 Å². The number of rotatable bonds is 7. The molecular formula is C11H19N3O2S2. The predicted octanol–water partition coefficient (Wildman–Crippen LogP) is 2.43. The summed E-state index contributed by atoms with van der Waals surface area (Å²) in [6.07, 6.45) is 1.25. The predicted molar refractivity (Wildman–Crippen MR) is 75.4 cm³/mol. The Balaban J connectivity index is 2.34. The first-order valence-corrected chi connectivity index (χ1v) is 7.55. The van der Waals surface area contributed by atoms with Crippen molar-refractivity contribution in [3.63, 3.8) is 0 Å². The number of aromatic nitrogens is 2. The molecule has 1 aromatic rings. The molecule has 0 N–H and O–H groups in total. The molecule has 18 heavy (non-hydrogen) atoms. The minimum absolute atomic E-state index is 0.129. The van der Waals surface area contributed by atoms with Crippen molar-refractivity contribution in [2.24, 2.45) is 0 Å². The van der Waals surface area contributed by atoms with Crippen LogP contribution in [0.1, 0.15) is 26.7 Å². The van der Waals surface area contributed by atoms with Crippen LogP contribution < -0.4 is 4.90 Å². The minimum Gasteiger partial charge on any atom is -0.466 e. The lowest BCUT2D eigenvalue weighted by Gasteiger charge is -2.08. The number of thioether (sulfide) groups is 1. The van der Waals surface area contributed by atoms with E-state index in [-0.39, 0.29) is 5.97 Å². The Morgan fingerprint density at radius 1 is 1.50 bits per heavy atom. The lowest BCUT2D eigenvalue weighted by atomic mass is 10.2. The highest BCUT2D eigenvalue weighted by Gasteiger charge is 2.12. The van der Waals surface area contributed by atoms with Crippen molar-refractivity contribution in [2.45, 2.75) is 36.3 Å². The first kappa shape index (κ1) is 15.2. The molecule has 1 rings (SSSR count). The van der Waals surface area contributed by atoms with Gasteiger partial charge >= 0.3 is 5.97 Å². The van der Waals surface area contributed by atoms with Crippen LogP contribution in [0, 0.1) is 0 Å². The smallest absolute Gasteiger partial charge is 0.305 e. The van der Waals surface area contributed by atoms with Crippen LogP contribution in [0.5, 0.6) is 0 Å². The molecule has 0 amide bonds. The van der Waals surface area contributed by atoms with E-state index in [1.807, 2.05) is 25.9 Å². The summed E-state index contributed by atoms with van der Waals surface area (Å²) in [7, 11) is 3.89. The first-order chi connectivity index (χ1) is 8.52. The molecular weight excluding hydrogens is 270 g/mol. The second kappa shape index (κ2) is 7.58. The van der Waals surface area contributed by atoms with Crippen LogP contribution in [0.3, 0.4) is 0 Å². The quantitative estimate of drug-likeness (QED) is 0.567. The molecule has 0 spiro atoms. The van der Waals surface area contributed by atoms with Crippen molar-refractivity contribution in [3.05, 3.63) is 0 Å². The van der Waals surface area contributed by atoms with E-state index in [2.05, 4.69) is 17.1 Å². The van der Waals surface area contributed by atoms with Gasteiger partial charge in [0.05, 0.1) is 6.61 Å². The molecule has 0 aliphatic carbocycles. The Morgan fingerprint density at radius 3 is 2.78 bits per heavy atom. The topological polar surface area (TPSA) is 55.3 Å². The summed E-state index contributed by atoms with van der Waals surface area (Å²) in [5.41, 5.74) is 0. The maximum atomic E-state index is 11.2. The zero-order valence-electron chi connectivity index (χ0n) is 11.2. The maximum Gasteiger partial charge on any atom is 0.305 e. The van der Waals surface area contributed by atoms with Crippen LogP contribution in [-0.2, 0) is 9.53 Å². The van der Waals surface area contributed by atoms with Crippen LogP contribution in [0.25, 0.3) is 0 Å². The largest absolute Gasteiger partial charge is 0.466 e. The highest BCUT2D eigenvalue weighted by Crippen LogP contribution is 2.31. The van der Waals surface area contributed by atoms with Gasteiger partial charge in [0, 0.05) is 25.8 Å². The molecule has 1 unspecified atom stereocenters. The number of anilines is 1. The molecule has 1 heterocycles. The van der Waals surface area contributed by atoms with Crippen molar-refractivity contribution in [3.8, 4) is 0 Å². The van der Waals surface area contributed by atoms with Crippen LogP contribution in [-0.4, -0.2) is 42.1 Å².